The molecule has 0 aromatic rings. The van der Waals surface area contributed by atoms with Crippen molar-refractivity contribution in [3.63, 3.8) is 0 Å². The maximum atomic E-state index is 12.6. The zero-order valence-electron chi connectivity index (χ0n) is 33.2. The van der Waals surface area contributed by atoms with E-state index in [9.17, 15) is 28.9 Å². The van der Waals surface area contributed by atoms with E-state index in [0.29, 0.717) is 25.7 Å². The van der Waals surface area contributed by atoms with E-state index in [1.165, 1.54) is 25.7 Å². The van der Waals surface area contributed by atoms with Crippen molar-refractivity contribution in [2.24, 2.45) is 0 Å². The minimum Gasteiger partial charge on any atom is -0.462 e. The summed E-state index contributed by atoms with van der Waals surface area (Å²) in [4.78, 5) is 46.6. The molecule has 0 heterocycles. The summed E-state index contributed by atoms with van der Waals surface area (Å²) >= 11 is 0. The number of aliphatic hydroxyl groups excluding tert-OH is 2. The second-order valence-corrected chi connectivity index (χ2v) is 14.8. The molecule has 0 radical (unpaired) electrons. The van der Waals surface area contributed by atoms with Crippen LogP contribution in [0.2, 0.25) is 0 Å². The van der Waals surface area contributed by atoms with Gasteiger partial charge in [0.2, 0.25) is 0 Å². The van der Waals surface area contributed by atoms with Gasteiger partial charge in [-0.15, -0.1) is 0 Å². The molecular formula is C42H71O11P. The van der Waals surface area contributed by atoms with Gasteiger partial charge in [0.1, 0.15) is 12.7 Å². The summed E-state index contributed by atoms with van der Waals surface area (Å²) in [7, 11) is -4.64. The lowest BCUT2D eigenvalue weighted by molar-refractivity contribution is -0.161. The number of esters is 2. The fraction of sp³-hybridized carbons (Fsp3) is 0.690. The van der Waals surface area contributed by atoms with Crippen molar-refractivity contribution < 1.29 is 52.6 Å². The molecule has 0 aromatic carbocycles. The van der Waals surface area contributed by atoms with Crippen molar-refractivity contribution in [3.8, 4) is 0 Å². The number of unbranched alkanes of at least 4 members (excludes halogenated alkanes) is 12. The lowest BCUT2D eigenvalue weighted by Gasteiger charge is -2.20. The molecule has 0 aliphatic carbocycles. The van der Waals surface area contributed by atoms with Gasteiger partial charge in [-0.2, -0.15) is 0 Å². The van der Waals surface area contributed by atoms with Gasteiger partial charge in [0.25, 0.3) is 0 Å². The monoisotopic (exact) mass is 782 g/mol. The normalized spacial score (nSPS) is 14.5. The number of aliphatic hydroxyl groups is 2. The Bertz CT molecular complexity index is 1150. The highest BCUT2D eigenvalue weighted by Crippen LogP contribution is 2.43. The van der Waals surface area contributed by atoms with Crippen LogP contribution in [-0.2, 0) is 37.5 Å². The number of rotatable bonds is 37. The Morgan fingerprint density at radius 1 is 0.611 bits per heavy atom. The third-order valence-corrected chi connectivity index (χ3v) is 9.07. The number of carbonyl (C=O) groups excluding carboxylic acids is 3. The molecule has 0 fully saturated rings. The van der Waals surface area contributed by atoms with Gasteiger partial charge in [-0.05, 0) is 70.3 Å². The fourth-order valence-electron chi connectivity index (χ4n) is 4.93. The third-order valence-electron chi connectivity index (χ3n) is 8.12. The zero-order valence-corrected chi connectivity index (χ0v) is 34.1. The molecule has 54 heavy (non-hydrogen) atoms. The van der Waals surface area contributed by atoms with Crippen LogP contribution in [-0.4, -0.2) is 71.5 Å². The quantitative estimate of drug-likeness (QED) is 0.0137. The van der Waals surface area contributed by atoms with Crippen LogP contribution in [0.4, 0.5) is 0 Å². The van der Waals surface area contributed by atoms with E-state index in [-0.39, 0.29) is 25.2 Å². The van der Waals surface area contributed by atoms with Crippen LogP contribution in [0.3, 0.4) is 0 Å². The van der Waals surface area contributed by atoms with E-state index < -0.39 is 51.8 Å². The largest absolute Gasteiger partial charge is 0.472 e. The fourth-order valence-corrected chi connectivity index (χ4v) is 5.72. The van der Waals surface area contributed by atoms with Gasteiger partial charge in [-0.1, -0.05) is 120 Å². The van der Waals surface area contributed by atoms with Crippen molar-refractivity contribution in [2.45, 2.75) is 161 Å². The van der Waals surface area contributed by atoms with Crippen LogP contribution in [0.5, 0.6) is 0 Å². The van der Waals surface area contributed by atoms with E-state index in [2.05, 4.69) is 30.5 Å². The van der Waals surface area contributed by atoms with Crippen LogP contribution >= 0.6 is 7.82 Å². The highest BCUT2D eigenvalue weighted by molar-refractivity contribution is 7.47. The van der Waals surface area contributed by atoms with Crippen LogP contribution in [0, 0.1) is 0 Å². The van der Waals surface area contributed by atoms with Gasteiger partial charge in [0, 0.05) is 19.3 Å². The topological polar surface area (TPSA) is 166 Å². The second-order valence-electron chi connectivity index (χ2n) is 13.3. The number of phosphoric acid groups is 1. The van der Waals surface area contributed by atoms with E-state index in [0.717, 1.165) is 70.6 Å². The average Bonchev–Trinajstić information content (AvgIpc) is 3.15. The second kappa shape index (κ2) is 37.3. The molecule has 0 aliphatic heterocycles. The highest BCUT2D eigenvalue weighted by atomic mass is 31.2. The zero-order chi connectivity index (χ0) is 40.0. The number of allylic oxidation sites excluding steroid dienone is 10. The minimum atomic E-state index is -4.64. The Hall–Kier alpha value is -2.66. The summed E-state index contributed by atoms with van der Waals surface area (Å²) in [6.07, 6.45) is 36.1. The van der Waals surface area contributed by atoms with Crippen LogP contribution < -0.4 is 0 Å². The Morgan fingerprint density at radius 3 is 1.85 bits per heavy atom. The Morgan fingerprint density at radius 2 is 1.15 bits per heavy atom. The van der Waals surface area contributed by atoms with Crippen molar-refractivity contribution in [1.82, 2.24) is 0 Å². The number of phosphoric ester groups is 1. The third kappa shape index (κ3) is 36.3. The molecule has 0 aliphatic rings. The summed E-state index contributed by atoms with van der Waals surface area (Å²) in [5.74, 6) is -0.883. The number of ether oxygens (including phenoxy) is 2. The standard InChI is InChI=1S/C42H71O11P/c1-3-5-7-8-9-10-11-12-15-19-22-25-29-33-42(47)53-40(37-52-54(48,49)51-35-39(45)34-43)36-50-41(46)32-28-24-21-18-16-13-14-17-20-23-27-31-38(44)30-26-6-4-2/h10-11,13-14,18,20-21,23,27,31,39-40,43,45H,3-9,12,15-17,19,22,24-26,28-30,32-37H2,1-2H3,(H,48,49)/b11-10-,14-13-,21-18-,23-20-,31-27+/t39-,40+/m0/s1. The maximum Gasteiger partial charge on any atom is 0.472 e. The first-order valence-electron chi connectivity index (χ1n) is 20.2. The predicted octanol–water partition coefficient (Wildman–Crippen LogP) is 9.51. The number of ketones is 1. The first-order valence-corrected chi connectivity index (χ1v) is 21.7. The first-order chi connectivity index (χ1) is 26.1. The number of carbonyl (C=O) groups is 3. The van der Waals surface area contributed by atoms with Crippen molar-refractivity contribution in [1.29, 1.82) is 0 Å². The number of hydrogen-bond acceptors (Lipinski definition) is 10. The van der Waals surface area contributed by atoms with Crippen molar-refractivity contribution in [2.75, 3.05) is 26.4 Å². The Balaban J connectivity index is 4.50. The van der Waals surface area contributed by atoms with Gasteiger partial charge < -0.3 is 24.6 Å². The number of hydrogen-bond donors (Lipinski definition) is 3. The SMILES string of the molecule is CCCCCC/C=C\CCCCCCCC(=O)O[C@H](COC(=O)CCC/C=C\C/C=C\C/C=C\C=C\C(=O)CCCCC)COP(=O)(O)OC[C@@H](O)CO. The molecule has 12 heteroatoms. The van der Waals surface area contributed by atoms with E-state index in [1.54, 1.807) is 12.2 Å². The first kappa shape index (κ1) is 51.3. The molecule has 310 valence electrons. The Labute approximate surface area is 325 Å². The van der Waals surface area contributed by atoms with Gasteiger partial charge >= 0.3 is 19.8 Å². The van der Waals surface area contributed by atoms with Crippen LogP contribution in [0.25, 0.3) is 0 Å². The molecule has 0 saturated carbocycles. The molecule has 3 atom stereocenters. The van der Waals surface area contributed by atoms with Gasteiger partial charge in [0.15, 0.2) is 11.9 Å². The maximum absolute atomic E-state index is 12.6. The van der Waals surface area contributed by atoms with E-state index >= 15 is 0 Å². The summed E-state index contributed by atoms with van der Waals surface area (Å²) in [6, 6.07) is 0. The molecule has 1 unspecified atom stereocenters. The molecule has 11 nitrogen and oxygen atoms in total. The molecule has 0 bridgehead atoms. The van der Waals surface area contributed by atoms with E-state index in [1.807, 2.05) is 36.5 Å². The Kier molecular flexibility index (Phi) is 35.4. The molecule has 0 spiro atoms. The summed E-state index contributed by atoms with van der Waals surface area (Å²) in [5, 5.41) is 18.3. The average molecular weight is 783 g/mol. The minimum absolute atomic E-state index is 0.135. The van der Waals surface area contributed by atoms with Gasteiger partial charge in [-0.3, -0.25) is 23.4 Å². The van der Waals surface area contributed by atoms with Crippen molar-refractivity contribution >= 4 is 25.5 Å². The summed E-state index contributed by atoms with van der Waals surface area (Å²) in [6.45, 7) is 2.09. The molecule has 0 rings (SSSR count). The molecular weight excluding hydrogens is 711 g/mol. The van der Waals surface area contributed by atoms with E-state index in [4.69, 9.17) is 19.1 Å². The molecule has 3 N–H and O–H groups in total. The van der Waals surface area contributed by atoms with Gasteiger partial charge in [0.05, 0.1) is 19.8 Å². The molecule has 0 amide bonds. The lowest BCUT2D eigenvalue weighted by Crippen LogP contribution is -2.29. The summed E-state index contributed by atoms with van der Waals surface area (Å²) in [5.41, 5.74) is 0. The molecule has 0 aromatic heterocycles. The van der Waals surface area contributed by atoms with Crippen LogP contribution in [0.15, 0.2) is 60.8 Å². The van der Waals surface area contributed by atoms with Crippen molar-refractivity contribution in [3.05, 3.63) is 60.8 Å². The van der Waals surface area contributed by atoms with Crippen LogP contribution in [0.1, 0.15) is 149 Å². The smallest absolute Gasteiger partial charge is 0.462 e. The summed E-state index contributed by atoms with van der Waals surface area (Å²) < 4.78 is 32.5. The highest BCUT2D eigenvalue weighted by Gasteiger charge is 2.27. The van der Waals surface area contributed by atoms with Gasteiger partial charge in [-0.25, -0.2) is 4.57 Å². The predicted molar refractivity (Wildman–Crippen MR) is 215 cm³/mol. The molecule has 0 saturated heterocycles. The lowest BCUT2D eigenvalue weighted by atomic mass is 10.1.